The Morgan fingerprint density at radius 1 is 0.865 bits per heavy atom. The number of carbonyl (C=O) groups excluding carboxylic acids is 1. The van der Waals surface area contributed by atoms with Gasteiger partial charge in [-0.1, -0.05) is 35.9 Å². The van der Waals surface area contributed by atoms with Crippen LogP contribution in [-0.2, 0) is 36.9 Å². The van der Waals surface area contributed by atoms with Gasteiger partial charge in [-0.25, -0.2) is 22.8 Å². The van der Waals surface area contributed by atoms with Gasteiger partial charge in [-0.2, -0.15) is 12.4 Å². The molecule has 0 saturated carbocycles. The molecule has 0 aliphatic rings. The number of nitrogens with two attached hydrogens (primary N) is 1. The second-order valence-corrected chi connectivity index (χ2v) is 19.7. The molecule has 0 aliphatic carbocycles. The maximum Gasteiger partial charge on any atom is 0.407 e. The summed E-state index contributed by atoms with van der Waals surface area (Å²) in [5.74, 6) is 0. The highest BCUT2D eigenvalue weighted by Gasteiger charge is 2.26. The lowest BCUT2D eigenvalue weighted by Crippen LogP contribution is -2.35. The van der Waals surface area contributed by atoms with Crippen molar-refractivity contribution >= 4 is 92.2 Å². The summed E-state index contributed by atoms with van der Waals surface area (Å²) in [6, 6.07) is 20.3. The third-order valence-electron chi connectivity index (χ3n) is 6.83. The zero-order chi connectivity index (χ0) is 38.4. The van der Waals surface area contributed by atoms with Crippen molar-refractivity contribution in [2.45, 2.75) is 54.8 Å². The number of imidazole rings is 2. The lowest BCUT2D eigenvalue weighted by Gasteiger charge is -2.19. The first-order chi connectivity index (χ1) is 24.3. The molecular weight excluding hydrogens is 796 g/mol. The van der Waals surface area contributed by atoms with E-state index in [9.17, 15) is 31.2 Å². The van der Waals surface area contributed by atoms with Crippen LogP contribution >= 0.6 is 45.0 Å². The van der Waals surface area contributed by atoms with Crippen LogP contribution in [0.15, 0.2) is 90.8 Å². The lowest BCUT2D eigenvalue weighted by molar-refractivity contribution is 0.0526. The quantitative estimate of drug-likeness (QED) is 0.165. The number of hydrogen-bond donors (Lipinski definition) is 3. The van der Waals surface area contributed by atoms with Crippen LogP contribution in [0.2, 0.25) is 4.34 Å². The van der Waals surface area contributed by atoms with E-state index in [1.54, 1.807) is 55.7 Å². The Labute approximate surface area is 316 Å². The van der Waals surface area contributed by atoms with E-state index in [2.05, 4.69) is 10.3 Å². The van der Waals surface area contributed by atoms with Crippen molar-refractivity contribution in [3.63, 3.8) is 0 Å². The number of nitrogens with one attached hydrogen (secondary N) is 2. The van der Waals surface area contributed by atoms with Crippen LogP contribution in [0.3, 0.4) is 0 Å². The maximum absolute atomic E-state index is 12.8. The number of para-hydroxylation sites is 4. The van der Waals surface area contributed by atoms with Gasteiger partial charge in [0, 0.05) is 41.7 Å². The summed E-state index contributed by atoms with van der Waals surface area (Å²) in [4.78, 5) is 39.6. The molecule has 2 aromatic carbocycles. The molecule has 52 heavy (non-hydrogen) atoms. The van der Waals surface area contributed by atoms with Crippen LogP contribution in [0.4, 0.5) is 4.79 Å². The van der Waals surface area contributed by atoms with Crippen LogP contribution in [0.1, 0.15) is 25.6 Å². The number of hydrogen-bond acceptors (Lipinski definition) is 11. The molecule has 0 atom stereocenters. The van der Waals surface area contributed by atoms with Crippen LogP contribution in [0.25, 0.3) is 22.1 Å². The van der Waals surface area contributed by atoms with Crippen LogP contribution < -0.4 is 22.4 Å². The average Bonchev–Trinajstić information content (AvgIpc) is 3.83. The molecule has 4 aromatic heterocycles. The number of thiophene rings is 2. The van der Waals surface area contributed by atoms with Crippen molar-refractivity contribution in [3.05, 3.63) is 103 Å². The number of fused-ring (bicyclic) bond motifs is 2. The Balaban J connectivity index is 0.000000186. The van der Waals surface area contributed by atoms with Gasteiger partial charge >= 0.3 is 17.5 Å². The molecule has 0 saturated heterocycles. The summed E-state index contributed by atoms with van der Waals surface area (Å²) in [5, 5.41) is 2.63. The number of aryl methyl sites for hydroxylation is 1. The first-order valence-electron chi connectivity index (χ1n) is 15.4. The van der Waals surface area contributed by atoms with E-state index in [1.165, 1.54) is 34.1 Å². The van der Waals surface area contributed by atoms with E-state index in [-0.39, 0.29) is 27.2 Å². The zero-order valence-corrected chi connectivity index (χ0v) is 33.1. The lowest BCUT2D eigenvalue weighted by atomic mass is 10.2. The molecule has 0 aliphatic heterocycles. The maximum atomic E-state index is 12.8. The Kier molecular flexibility index (Phi) is 13.2. The molecule has 4 N–H and O–H groups in total. The molecule has 14 nitrogen and oxygen atoms in total. The SMILES string of the molecule is CC(C)(C)OC(=O)NCCn1c(=O)[nH]c2ccccc21.Cc1ccc(S(=O)(=O)Cl)s1.NCCn1c(=O)n(S(=O)(=O)c2ccc(Cl)s2)c2ccccc21. The molecule has 1 amide bonds. The fraction of sp³-hybridized carbons (Fsp3) is 0.281. The molecule has 0 unspecified atom stereocenters. The Morgan fingerprint density at radius 2 is 1.48 bits per heavy atom. The molecular formula is C32H36Cl2N6O8S4. The van der Waals surface area contributed by atoms with Gasteiger partial charge in [-0.05, 0) is 76.2 Å². The van der Waals surface area contributed by atoms with Crippen molar-refractivity contribution in [2.24, 2.45) is 5.73 Å². The molecule has 6 rings (SSSR count). The van der Waals surface area contributed by atoms with Crippen LogP contribution in [-0.4, -0.2) is 59.7 Å². The third-order valence-corrected chi connectivity index (χ3v) is 13.3. The van der Waals surface area contributed by atoms with E-state index >= 15 is 0 Å². The average molecular weight is 832 g/mol. The van der Waals surface area contributed by atoms with Gasteiger partial charge in [-0.15, -0.1) is 22.7 Å². The van der Waals surface area contributed by atoms with Crippen molar-refractivity contribution in [1.29, 1.82) is 0 Å². The molecule has 4 heterocycles. The van der Waals surface area contributed by atoms with Gasteiger partial charge in [0.05, 0.1) is 26.4 Å². The van der Waals surface area contributed by atoms with Crippen LogP contribution in [0, 0.1) is 6.92 Å². The van der Waals surface area contributed by atoms with Gasteiger partial charge in [0.15, 0.2) is 0 Å². The summed E-state index contributed by atoms with van der Waals surface area (Å²) < 4.78 is 56.3. The van der Waals surface area contributed by atoms with E-state index in [0.29, 0.717) is 28.5 Å². The van der Waals surface area contributed by atoms with E-state index in [0.717, 1.165) is 31.2 Å². The minimum absolute atomic E-state index is 0.0234. The summed E-state index contributed by atoms with van der Waals surface area (Å²) in [6.07, 6.45) is -0.481. The number of aromatic nitrogens is 4. The Bertz CT molecular complexity index is 2520. The summed E-state index contributed by atoms with van der Waals surface area (Å²) in [6.45, 7) is 8.44. The molecule has 0 spiro atoms. The molecule has 6 aromatic rings. The van der Waals surface area contributed by atoms with Crippen molar-refractivity contribution in [2.75, 3.05) is 13.1 Å². The van der Waals surface area contributed by atoms with E-state index < -0.39 is 36.5 Å². The molecule has 0 radical (unpaired) electrons. The highest BCUT2D eigenvalue weighted by atomic mass is 35.7. The number of ether oxygens (including phenoxy) is 1. The smallest absolute Gasteiger partial charge is 0.407 e. The minimum Gasteiger partial charge on any atom is -0.444 e. The van der Waals surface area contributed by atoms with E-state index in [1.807, 2.05) is 31.2 Å². The zero-order valence-electron chi connectivity index (χ0n) is 28.3. The second-order valence-electron chi connectivity index (χ2n) is 11.9. The fourth-order valence-corrected chi connectivity index (χ4v) is 9.76. The number of nitrogens with zero attached hydrogens (tertiary/aromatic N) is 3. The molecule has 0 bridgehead atoms. The van der Waals surface area contributed by atoms with Crippen molar-refractivity contribution in [3.8, 4) is 0 Å². The predicted octanol–water partition coefficient (Wildman–Crippen LogP) is 5.55. The normalized spacial score (nSPS) is 11.8. The summed E-state index contributed by atoms with van der Waals surface area (Å²) in [7, 11) is -2.43. The van der Waals surface area contributed by atoms with E-state index in [4.69, 9.17) is 32.8 Å². The number of aromatic amines is 1. The number of carbonyl (C=O) groups is 1. The van der Waals surface area contributed by atoms with Gasteiger partial charge in [0.1, 0.15) is 14.0 Å². The second kappa shape index (κ2) is 16.8. The highest BCUT2D eigenvalue weighted by Crippen LogP contribution is 2.28. The van der Waals surface area contributed by atoms with Gasteiger partial charge < -0.3 is 20.8 Å². The Hall–Kier alpha value is -3.91. The summed E-state index contributed by atoms with van der Waals surface area (Å²) >= 11 is 7.90. The third kappa shape index (κ3) is 10.1. The fourth-order valence-electron chi connectivity index (χ4n) is 4.74. The number of rotatable bonds is 8. The highest BCUT2D eigenvalue weighted by molar-refractivity contribution is 8.15. The first-order valence-corrected chi connectivity index (χ1v) is 21.2. The largest absolute Gasteiger partial charge is 0.444 e. The van der Waals surface area contributed by atoms with Gasteiger partial charge in [-0.3, -0.25) is 9.13 Å². The first kappa shape index (κ1) is 40.9. The summed E-state index contributed by atoms with van der Waals surface area (Å²) in [5.41, 5.74) is 6.65. The van der Waals surface area contributed by atoms with Crippen molar-refractivity contribution in [1.82, 2.24) is 23.4 Å². The van der Waals surface area contributed by atoms with Crippen LogP contribution in [0.5, 0.6) is 0 Å². The molecule has 0 fully saturated rings. The topological polar surface area (TPSA) is 197 Å². The van der Waals surface area contributed by atoms with Crippen molar-refractivity contribution < 1.29 is 26.4 Å². The monoisotopic (exact) mass is 830 g/mol. The minimum atomic E-state index is -4.00. The standard InChI is InChI=1S/C14H19N3O3.C13H12ClN3O3S2.C5H5ClO2S2/c1-14(2,3)20-13(19)15-8-9-17-11-7-5-4-6-10(11)16-12(17)18;14-11-5-6-12(21-11)22(19,20)17-10-4-2-1-3-9(10)16(8-7-15)13(17)18;1-4-2-3-5(9-4)10(6,7)8/h4-7H,8-9H2,1-3H3,(H,15,19)(H,16,18);1-6H,7-8,15H2;2-3H,1H3. The number of amides is 1. The van der Waals surface area contributed by atoms with Gasteiger partial charge in [0.25, 0.3) is 19.1 Å². The molecule has 280 valence electrons. The number of benzene rings is 2. The number of alkyl carbamates (subject to hydrolysis) is 1. The Morgan fingerprint density at radius 3 is 2.02 bits per heavy atom. The number of halogens is 2. The number of H-pyrrole nitrogens is 1. The van der Waals surface area contributed by atoms with Gasteiger partial charge in [0.2, 0.25) is 0 Å². The molecule has 20 heteroatoms. The predicted molar refractivity (Wildman–Crippen MR) is 206 cm³/mol.